The van der Waals surface area contributed by atoms with Crippen molar-refractivity contribution in [2.24, 2.45) is 11.8 Å². The molecule has 168 valence electrons. The lowest BCUT2D eigenvalue weighted by molar-refractivity contribution is -0.151. The van der Waals surface area contributed by atoms with Gasteiger partial charge in [0.15, 0.2) is 0 Å². The molecule has 2 amide bonds. The zero-order valence-corrected chi connectivity index (χ0v) is 19.0. The smallest absolute Gasteiger partial charge is 0.324 e. The van der Waals surface area contributed by atoms with E-state index in [4.69, 9.17) is 4.74 Å². The highest BCUT2D eigenvalue weighted by atomic mass is 32.2. The van der Waals surface area contributed by atoms with Crippen LogP contribution in [0.3, 0.4) is 0 Å². The number of nitrogens with one attached hydrogen (secondary N) is 1. The summed E-state index contributed by atoms with van der Waals surface area (Å²) in [4.78, 5) is 40.3. The van der Waals surface area contributed by atoms with E-state index in [1.54, 1.807) is 12.2 Å². The predicted molar refractivity (Wildman–Crippen MR) is 120 cm³/mol. The number of benzene rings is 1. The summed E-state index contributed by atoms with van der Waals surface area (Å²) < 4.78 is 5.64. The fraction of sp³-hybridized carbons (Fsp3) is 0.522. The number of likely N-dealkylation sites (tertiary alicyclic amines) is 1. The summed E-state index contributed by atoms with van der Waals surface area (Å²) in [6.45, 7) is 4.61. The molecule has 1 aromatic carbocycles. The Labute approximate surface area is 187 Å². The SMILES string of the molecule is CC=CCN1C(=O)C2C(c3ccc(OCCC)cc3)NC(CCSC)(C(=O)O)C2C1=O. The van der Waals surface area contributed by atoms with E-state index in [2.05, 4.69) is 5.32 Å². The molecule has 8 heteroatoms. The van der Waals surface area contributed by atoms with Gasteiger partial charge in [-0.2, -0.15) is 11.8 Å². The standard InChI is InChI=1S/C23H30N2O5S/c1-4-6-12-25-20(26)17-18(21(25)27)23(22(28)29,11-14-31-3)24-19(17)15-7-9-16(10-8-15)30-13-5-2/h4,6-10,17-19,24H,5,11-14H2,1-3H3,(H,28,29). The Morgan fingerprint density at radius 1 is 1.29 bits per heavy atom. The number of rotatable bonds is 10. The van der Waals surface area contributed by atoms with Crippen molar-refractivity contribution in [3.63, 3.8) is 0 Å². The molecule has 2 N–H and O–H groups in total. The first kappa shape index (κ1) is 23.3. The van der Waals surface area contributed by atoms with E-state index in [-0.39, 0.29) is 18.9 Å². The van der Waals surface area contributed by atoms with Gasteiger partial charge in [-0.3, -0.25) is 24.6 Å². The third-order valence-electron chi connectivity index (χ3n) is 6.06. The van der Waals surface area contributed by atoms with Crippen LogP contribution in [-0.2, 0) is 14.4 Å². The van der Waals surface area contributed by atoms with Gasteiger partial charge in [-0.05, 0) is 49.5 Å². The van der Waals surface area contributed by atoms with Crippen molar-refractivity contribution >= 4 is 29.5 Å². The number of hydrogen-bond acceptors (Lipinski definition) is 6. The second-order valence-electron chi connectivity index (χ2n) is 7.92. The van der Waals surface area contributed by atoms with Gasteiger partial charge < -0.3 is 9.84 Å². The molecule has 0 aliphatic carbocycles. The molecule has 2 fully saturated rings. The molecule has 4 atom stereocenters. The number of carbonyl (C=O) groups excluding carboxylic acids is 2. The summed E-state index contributed by atoms with van der Waals surface area (Å²) >= 11 is 1.52. The highest BCUT2D eigenvalue weighted by Crippen LogP contribution is 2.50. The van der Waals surface area contributed by atoms with Crippen molar-refractivity contribution in [1.29, 1.82) is 0 Å². The molecule has 0 aromatic heterocycles. The fourth-order valence-electron chi connectivity index (χ4n) is 4.53. The molecule has 0 radical (unpaired) electrons. The number of ether oxygens (including phenoxy) is 1. The van der Waals surface area contributed by atoms with Crippen LogP contribution in [0.2, 0.25) is 0 Å². The molecule has 2 aliphatic rings. The number of fused-ring (bicyclic) bond motifs is 1. The summed E-state index contributed by atoms with van der Waals surface area (Å²) in [6, 6.07) is 6.78. The molecule has 31 heavy (non-hydrogen) atoms. The summed E-state index contributed by atoms with van der Waals surface area (Å²) in [6.07, 6.45) is 6.57. The Kier molecular flexibility index (Phi) is 7.43. The van der Waals surface area contributed by atoms with Gasteiger partial charge in [0.25, 0.3) is 0 Å². The molecule has 2 heterocycles. The maximum atomic E-state index is 13.3. The monoisotopic (exact) mass is 446 g/mol. The first-order valence-electron chi connectivity index (χ1n) is 10.6. The van der Waals surface area contributed by atoms with E-state index in [1.807, 2.05) is 44.4 Å². The van der Waals surface area contributed by atoms with Crippen LogP contribution < -0.4 is 10.1 Å². The molecule has 0 saturated carbocycles. The van der Waals surface area contributed by atoms with Gasteiger partial charge in [-0.25, -0.2) is 0 Å². The minimum atomic E-state index is -1.48. The number of carboxylic acid groups (broad SMARTS) is 1. The fourth-order valence-corrected chi connectivity index (χ4v) is 5.05. The van der Waals surface area contributed by atoms with Gasteiger partial charge >= 0.3 is 5.97 Å². The number of nitrogens with zero attached hydrogens (tertiary/aromatic N) is 1. The minimum absolute atomic E-state index is 0.163. The van der Waals surface area contributed by atoms with Crippen LogP contribution in [0.1, 0.15) is 38.3 Å². The topological polar surface area (TPSA) is 95.9 Å². The molecular weight excluding hydrogens is 416 g/mol. The lowest BCUT2D eigenvalue weighted by Crippen LogP contribution is -2.56. The second kappa shape index (κ2) is 9.87. The Balaban J connectivity index is 2.01. The number of amides is 2. The Hall–Kier alpha value is -2.32. The van der Waals surface area contributed by atoms with Crippen LogP contribution in [0.25, 0.3) is 0 Å². The van der Waals surface area contributed by atoms with E-state index in [0.717, 1.165) is 17.7 Å². The maximum absolute atomic E-state index is 13.3. The first-order valence-corrected chi connectivity index (χ1v) is 12.0. The third kappa shape index (κ3) is 4.23. The lowest BCUT2D eigenvalue weighted by atomic mass is 9.78. The van der Waals surface area contributed by atoms with Gasteiger partial charge in [0.05, 0.1) is 18.4 Å². The molecule has 7 nitrogen and oxygen atoms in total. The van der Waals surface area contributed by atoms with Crippen molar-refractivity contribution in [2.75, 3.05) is 25.2 Å². The van der Waals surface area contributed by atoms with Crippen molar-refractivity contribution in [3.8, 4) is 5.75 Å². The summed E-state index contributed by atoms with van der Waals surface area (Å²) in [5, 5.41) is 13.4. The molecule has 1 aromatic rings. The van der Waals surface area contributed by atoms with Crippen LogP contribution in [0.15, 0.2) is 36.4 Å². The summed E-state index contributed by atoms with van der Waals surface area (Å²) in [5.41, 5.74) is -0.701. The van der Waals surface area contributed by atoms with E-state index in [0.29, 0.717) is 12.4 Å². The average molecular weight is 447 g/mol. The molecule has 2 aliphatic heterocycles. The normalized spacial score (nSPS) is 27.8. The lowest BCUT2D eigenvalue weighted by Gasteiger charge is -2.31. The minimum Gasteiger partial charge on any atom is -0.494 e. The number of thioether (sulfide) groups is 1. The molecular formula is C23H30N2O5S. The third-order valence-corrected chi connectivity index (χ3v) is 6.68. The number of hydrogen-bond donors (Lipinski definition) is 2. The van der Waals surface area contributed by atoms with Gasteiger partial charge in [-0.1, -0.05) is 31.2 Å². The van der Waals surface area contributed by atoms with Crippen LogP contribution in [0, 0.1) is 11.8 Å². The van der Waals surface area contributed by atoms with Gasteiger partial charge in [0.1, 0.15) is 11.3 Å². The number of imide groups is 1. The summed E-state index contributed by atoms with van der Waals surface area (Å²) in [5.74, 6) is -2.21. The molecule has 4 unspecified atom stereocenters. The Morgan fingerprint density at radius 2 is 2.00 bits per heavy atom. The molecule has 3 rings (SSSR count). The van der Waals surface area contributed by atoms with Crippen LogP contribution in [-0.4, -0.2) is 58.5 Å². The van der Waals surface area contributed by atoms with Gasteiger partial charge in [0, 0.05) is 12.6 Å². The summed E-state index contributed by atoms with van der Waals surface area (Å²) in [7, 11) is 0. The maximum Gasteiger partial charge on any atom is 0.324 e. The van der Waals surface area contributed by atoms with Crippen LogP contribution in [0.5, 0.6) is 5.75 Å². The number of carboxylic acids is 1. The van der Waals surface area contributed by atoms with E-state index in [1.165, 1.54) is 16.7 Å². The second-order valence-corrected chi connectivity index (χ2v) is 8.90. The number of allylic oxidation sites excluding steroid dienone is 1. The highest BCUT2D eigenvalue weighted by molar-refractivity contribution is 7.98. The molecule has 2 saturated heterocycles. The molecule has 0 bridgehead atoms. The predicted octanol–water partition coefficient (Wildman–Crippen LogP) is 2.87. The number of carbonyl (C=O) groups is 3. The first-order chi connectivity index (χ1) is 14.9. The number of aliphatic carboxylic acids is 1. The van der Waals surface area contributed by atoms with Crippen LogP contribution >= 0.6 is 11.8 Å². The van der Waals surface area contributed by atoms with Crippen molar-refractivity contribution in [3.05, 3.63) is 42.0 Å². The zero-order chi connectivity index (χ0) is 22.6. The molecule has 0 spiro atoms. The Morgan fingerprint density at radius 3 is 2.58 bits per heavy atom. The van der Waals surface area contributed by atoms with Crippen molar-refractivity contribution < 1.29 is 24.2 Å². The van der Waals surface area contributed by atoms with Crippen molar-refractivity contribution in [2.45, 2.75) is 38.3 Å². The van der Waals surface area contributed by atoms with Crippen molar-refractivity contribution in [1.82, 2.24) is 10.2 Å². The van der Waals surface area contributed by atoms with Crippen LogP contribution in [0.4, 0.5) is 0 Å². The quantitative estimate of drug-likeness (QED) is 0.421. The van der Waals surface area contributed by atoms with E-state index < -0.39 is 35.3 Å². The average Bonchev–Trinajstić information content (AvgIpc) is 3.24. The largest absolute Gasteiger partial charge is 0.494 e. The Bertz CT molecular complexity index is 856. The van der Waals surface area contributed by atoms with E-state index in [9.17, 15) is 19.5 Å². The zero-order valence-electron chi connectivity index (χ0n) is 18.2. The highest BCUT2D eigenvalue weighted by Gasteiger charge is 2.67. The van der Waals surface area contributed by atoms with Gasteiger partial charge in [0.2, 0.25) is 11.8 Å². The van der Waals surface area contributed by atoms with Gasteiger partial charge in [-0.15, -0.1) is 0 Å². The van der Waals surface area contributed by atoms with E-state index >= 15 is 0 Å².